The molecule has 1 atom stereocenters. The summed E-state index contributed by atoms with van der Waals surface area (Å²) in [5, 5.41) is 2.72. The molecule has 1 N–H and O–H groups in total. The third-order valence-corrected chi connectivity index (χ3v) is 7.13. The van der Waals surface area contributed by atoms with Gasteiger partial charge >= 0.3 is 0 Å². The van der Waals surface area contributed by atoms with Crippen LogP contribution in [0, 0.1) is 11.8 Å². The Hall–Kier alpha value is -1.97. The molecule has 2 saturated heterocycles. The van der Waals surface area contributed by atoms with E-state index in [0.717, 1.165) is 12.8 Å². The van der Waals surface area contributed by atoms with Gasteiger partial charge in [0.1, 0.15) is 11.4 Å². The first-order valence-corrected chi connectivity index (χ1v) is 11.3. The third kappa shape index (κ3) is 4.53. The van der Waals surface area contributed by atoms with Crippen LogP contribution in [-0.2, 0) is 9.84 Å². The molecule has 1 aromatic rings. The second-order valence-electron chi connectivity index (χ2n) is 7.97. The normalized spacial score (nSPS) is 25.2. The number of carbonyl (C=O) groups is 1. The van der Waals surface area contributed by atoms with Crippen LogP contribution in [0.2, 0.25) is 0 Å². The Morgan fingerprint density at radius 1 is 1.25 bits per heavy atom. The van der Waals surface area contributed by atoms with Crippen LogP contribution < -0.4 is 15.0 Å². The summed E-state index contributed by atoms with van der Waals surface area (Å²) >= 11 is 0. The Morgan fingerprint density at radius 3 is 2.61 bits per heavy atom. The SMILES string of the molecule is O=C(NCC1CCS(=O)(=O)C1)c1ccc(N2CC(F)(F)C2)c(OCC2CC2)n1. The van der Waals surface area contributed by atoms with Crippen LogP contribution in [0.5, 0.6) is 5.88 Å². The number of ether oxygens (including phenoxy) is 1. The highest BCUT2D eigenvalue weighted by Gasteiger charge is 2.45. The van der Waals surface area contributed by atoms with Gasteiger partial charge in [-0.15, -0.1) is 0 Å². The number of amides is 1. The first-order chi connectivity index (χ1) is 13.2. The number of aromatic nitrogens is 1. The Labute approximate surface area is 162 Å². The van der Waals surface area contributed by atoms with Gasteiger partial charge in [0, 0.05) is 6.54 Å². The predicted octanol–water partition coefficient (Wildman–Crippen LogP) is 1.49. The fraction of sp³-hybridized carbons (Fsp3) is 0.667. The van der Waals surface area contributed by atoms with Crippen molar-refractivity contribution in [3.8, 4) is 5.88 Å². The molecule has 28 heavy (non-hydrogen) atoms. The molecule has 7 nitrogen and oxygen atoms in total. The maximum absolute atomic E-state index is 13.2. The third-order valence-electron chi connectivity index (χ3n) is 5.29. The molecule has 1 unspecified atom stereocenters. The van der Waals surface area contributed by atoms with E-state index >= 15 is 0 Å². The molecule has 0 bridgehead atoms. The molecule has 1 amide bonds. The summed E-state index contributed by atoms with van der Waals surface area (Å²) in [5.74, 6) is -2.36. The van der Waals surface area contributed by atoms with Crippen molar-refractivity contribution in [3.63, 3.8) is 0 Å². The second-order valence-corrected chi connectivity index (χ2v) is 10.2. The quantitative estimate of drug-likeness (QED) is 0.726. The fourth-order valence-corrected chi connectivity index (χ4v) is 5.29. The highest BCUT2D eigenvalue weighted by atomic mass is 32.2. The molecule has 3 heterocycles. The van der Waals surface area contributed by atoms with Gasteiger partial charge in [-0.05, 0) is 43.2 Å². The Balaban J connectivity index is 1.42. The average molecular weight is 415 g/mol. The van der Waals surface area contributed by atoms with Crippen molar-refractivity contribution in [2.24, 2.45) is 11.8 Å². The number of nitrogens with zero attached hydrogens (tertiary/aromatic N) is 2. The molecule has 154 valence electrons. The first kappa shape index (κ1) is 19.4. The summed E-state index contributed by atoms with van der Waals surface area (Å²) in [4.78, 5) is 18.2. The number of sulfone groups is 1. The molecule has 4 rings (SSSR count). The Bertz CT molecular complexity index is 866. The number of anilines is 1. The Morgan fingerprint density at radius 2 is 2.00 bits per heavy atom. The van der Waals surface area contributed by atoms with E-state index in [9.17, 15) is 22.0 Å². The lowest BCUT2D eigenvalue weighted by Crippen LogP contribution is -2.56. The number of carbonyl (C=O) groups excluding carboxylic acids is 1. The van der Waals surface area contributed by atoms with E-state index < -0.39 is 34.8 Å². The van der Waals surface area contributed by atoms with Crippen LogP contribution in [0.4, 0.5) is 14.5 Å². The average Bonchev–Trinajstić information content (AvgIpc) is 3.38. The highest BCUT2D eigenvalue weighted by molar-refractivity contribution is 7.91. The van der Waals surface area contributed by atoms with Crippen molar-refractivity contribution >= 4 is 21.4 Å². The topological polar surface area (TPSA) is 88.6 Å². The summed E-state index contributed by atoms with van der Waals surface area (Å²) in [7, 11) is -3.00. The molecule has 0 radical (unpaired) electrons. The molecule has 2 aliphatic heterocycles. The molecule has 3 fully saturated rings. The van der Waals surface area contributed by atoms with E-state index in [-0.39, 0.29) is 35.5 Å². The van der Waals surface area contributed by atoms with Crippen molar-refractivity contribution < 1.29 is 26.7 Å². The largest absolute Gasteiger partial charge is 0.476 e. The summed E-state index contributed by atoms with van der Waals surface area (Å²) < 4.78 is 55.2. The van der Waals surface area contributed by atoms with Crippen molar-refractivity contribution in [2.75, 3.05) is 42.6 Å². The lowest BCUT2D eigenvalue weighted by Gasteiger charge is -2.40. The summed E-state index contributed by atoms with van der Waals surface area (Å²) in [5.41, 5.74) is 0.590. The summed E-state index contributed by atoms with van der Waals surface area (Å²) in [6.07, 6.45) is 2.68. The second kappa shape index (κ2) is 7.13. The number of alkyl halides is 2. The highest BCUT2D eigenvalue weighted by Crippen LogP contribution is 2.37. The maximum atomic E-state index is 13.2. The van der Waals surface area contributed by atoms with Gasteiger partial charge in [-0.2, -0.15) is 0 Å². The minimum absolute atomic E-state index is 0.0819. The minimum atomic E-state index is -3.00. The van der Waals surface area contributed by atoms with Crippen molar-refractivity contribution in [1.29, 1.82) is 0 Å². The van der Waals surface area contributed by atoms with E-state index in [0.29, 0.717) is 24.6 Å². The van der Waals surface area contributed by atoms with E-state index in [1.165, 1.54) is 11.0 Å². The first-order valence-electron chi connectivity index (χ1n) is 9.46. The lowest BCUT2D eigenvalue weighted by atomic mass is 10.1. The standard InChI is InChI=1S/C18H23F2N3O4S/c19-18(20)10-23(11-18)15-4-3-14(22-17(15)27-8-12-1-2-12)16(24)21-7-13-5-6-28(25,26)9-13/h3-4,12-13H,1-2,5-11H2,(H,21,24). The molecular formula is C18H23F2N3O4S. The molecule has 1 aliphatic carbocycles. The monoisotopic (exact) mass is 415 g/mol. The van der Waals surface area contributed by atoms with Gasteiger partial charge in [-0.25, -0.2) is 22.2 Å². The molecule has 0 aromatic carbocycles. The molecule has 0 spiro atoms. The molecule has 1 saturated carbocycles. The number of nitrogens with one attached hydrogen (secondary N) is 1. The summed E-state index contributed by atoms with van der Waals surface area (Å²) in [6, 6.07) is 3.07. The number of halogens is 2. The van der Waals surface area contributed by atoms with Gasteiger partial charge in [0.25, 0.3) is 11.8 Å². The van der Waals surface area contributed by atoms with Gasteiger partial charge in [-0.3, -0.25) is 4.79 Å². The van der Waals surface area contributed by atoms with Gasteiger partial charge in [-0.1, -0.05) is 0 Å². The number of hydrogen-bond acceptors (Lipinski definition) is 6. The molecular weight excluding hydrogens is 392 g/mol. The number of pyridine rings is 1. The number of rotatable bonds is 7. The zero-order valence-electron chi connectivity index (χ0n) is 15.4. The molecule has 3 aliphatic rings. The summed E-state index contributed by atoms with van der Waals surface area (Å²) in [6.45, 7) is -0.0698. The van der Waals surface area contributed by atoms with Crippen LogP contribution >= 0.6 is 0 Å². The predicted molar refractivity (Wildman–Crippen MR) is 98.7 cm³/mol. The van der Waals surface area contributed by atoms with Crippen LogP contribution in [0.3, 0.4) is 0 Å². The van der Waals surface area contributed by atoms with E-state index in [2.05, 4.69) is 10.3 Å². The maximum Gasteiger partial charge on any atom is 0.282 e. The minimum Gasteiger partial charge on any atom is -0.476 e. The smallest absolute Gasteiger partial charge is 0.282 e. The van der Waals surface area contributed by atoms with Crippen molar-refractivity contribution in [2.45, 2.75) is 25.2 Å². The van der Waals surface area contributed by atoms with Crippen LogP contribution in [0.25, 0.3) is 0 Å². The van der Waals surface area contributed by atoms with E-state index in [1.54, 1.807) is 6.07 Å². The van der Waals surface area contributed by atoms with Crippen molar-refractivity contribution in [1.82, 2.24) is 10.3 Å². The number of hydrogen-bond donors (Lipinski definition) is 1. The van der Waals surface area contributed by atoms with Crippen LogP contribution in [0.1, 0.15) is 29.8 Å². The molecule has 1 aromatic heterocycles. The zero-order valence-corrected chi connectivity index (χ0v) is 16.2. The van der Waals surface area contributed by atoms with Gasteiger partial charge < -0.3 is 15.0 Å². The Kier molecular flexibility index (Phi) is 4.93. The molecule has 10 heteroatoms. The van der Waals surface area contributed by atoms with E-state index in [1.807, 2.05) is 0 Å². The lowest BCUT2D eigenvalue weighted by molar-refractivity contribution is -0.0265. The zero-order chi connectivity index (χ0) is 19.9. The van der Waals surface area contributed by atoms with Crippen LogP contribution in [-0.4, -0.2) is 63.0 Å². The van der Waals surface area contributed by atoms with Crippen molar-refractivity contribution in [3.05, 3.63) is 17.8 Å². The van der Waals surface area contributed by atoms with Gasteiger partial charge in [0.05, 0.1) is 31.2 Å². The van der Waals surface area contributed by atoms with E-state index in [4.69, 9.17) is 4.74 Å². The van der Waals surface area contributed by atoms with Crippen LogP contribution in [0.15, 0.2) is 12.1 Å². The fourth-order valence-electron chi connectivity index (χ4n) is 3.43. The van der Waals surface area contributed by atoms with Gasteiger partial charge in [0.15, 0.2) is 9.84 Å². The van der Waals surface area contributed by atoms with Gasteiger partial charge in [0.2, 0.25) is 5.88 Å².